The molecule has 0 aliphatic heterocycles. The highest BCUT2D eigenvalue weighted by Gasteiger charge is 2.34. The lowest BCUT2D eigenvalue weighted by Crippen LogP contribution is -2.41. The van der Waals surface area contributed by atoms with Crippen LogP contribution in [0.15, 0.2) is 12.3 Å². The van der Waals surface area contributed by atoms with Crippen LogP contribution >= 0.6 is 0 Å². The van der Waals surface area contributed by atoms with Gasteiger partial charge in [-0.1, -0.05) is 0 Å². The largest absolute Gasteiger partial charge is 0.395 e. The molecule has 6 heteroatoms. The van der Waals surface area contributed by atoms with E-state index in [0.717, 1.165) is 5.56 Å². The Morgan fingerprint density at radius 1 is 1.06 bits per heavy atom. The van der Waals surface area contributed by atoms with E-state index in [1.165, 1.54) is 0 Å². The van der Waals surface area contributed by atoms with Gasteiger partial charge in [-0.25, -0.2) is 0 Å². The van der Waals surface area contributed by atoms with Gasteiger partial charge in [0.1, 0.15) is 0 Å². The van der Waals surface area contributed by atoms with E-state index in [9.17, 15) is 15.3 Å². The number of nitrogens with zero attached hydrogens (tertiary/aromatic N) is 1. The van der Waals surface area contributed by atoms with Crippen molar-refractivity contribution in [2.75, 3.05) is 19.8 Å². The molecule has 0 aromatic carbocycles. The van der Waals surface area contributed by atoms with E-state index in [4.69, 9.17) is 11.5 Å². The molecule has 0 aliphatic rings. The molecule has 0 fully saturated rings. The lowest BCUT2D eigenvalue weighted by atomic mass is 9.83. The highest BCUT2D eigenvalue weighted by atomic mass is 16.3. The fourth-order valence-corrected chi connectivity index (χ4v) is 1.68. The molecule has 0 spiro atoms. The average molecular weight is 241 g/mol. The second-order valence-corrected chi connectivity index (χ2v) is 4.01. The number of hydrogen-bond donors (Lipinski definition) is 5. The van der Waals surface area contributed by atoms with Crippen LogP contribution in [-0.2, 0) is 18.5 Å². The van der Waals surface area contributed by atoms with Crippen molar-refractivity contribution in [1.29, 1.82) is 0 Å². The molecule has 0 radical (unpaired) electrons. The third-order valence-corrected chi connectivity index (χ3v) is 2.89. The average Bonchev–Trinajstić information content (AvgIpc) is 2.41. The third kappa shape index (κ3) is 2.62. The van der Waals surface area contributed by atoms with Gasteiger partial charge in [-0.15, -0.1) is 0 Å². The van der Waals surface area contributed by atoms with Crippen molar-refractivity contribution < 1.29 is 15.3 Å². The highest BCUT2D eigenvalue weighted by Crippen LogP contribution is 2.25. The maximum Gasteiger partial charge on any atom is 0.0820 e. The minimum absolute atomic E-state index is 0.206. The molecular formula is C11H19N3O3. The van der Waals surface area contributed by atoms with Gasteiger partial charge in [0.25, 0.3) is 0 Å². The molecule has 96 valence electrons. The van der Waals surface area contributed by atoms with Crippen molar-refractivity contribution in [3.63, 3.8) is 0 Å². The third-order valence-electron chi connectivity index (χ3n) is 2.89. The molecule has 0 bridgehead atoms. The molecule has 1 rings (SSSR count). The number of aliphatic hydroxyl groups is 3. The Kier molecular flexibility index (Phi) is 4.98. The topological polar surface area (TPSA) is 126 Å². The number of hydrogen-bond acceptors (Lipinski definition) is 6. The van der Waals surface area contributed by atoms with Crippen molar-refractivity contribution in [1.82, 2.24) is 4.98 Å². The van der Waals surface area contributed by atoms with E-state index in [1.54, 1.807) is 12.3 Å². The molecule has 1 aromatic rings. The number of rotatable bonds is 6. The van der Waals surface area contributed by atoms with Crippen molar-refractivity contribution in [3.8, 4) is 0 Å². The van der Waals surface area contributed by atoms with E-state index < -0.39 is 25.2 Å². The van der Waals surface area contributed by atoms with Gasteiger partial charge in [-0.2, -0.15) is 0 Å². The van der Waals surface area contributed by atoms with E-state index in [2.05, 4.69) is 4.98 Å². The monoisotopic (exact) mass is 241 g/mol. The van der Waals surface area contributed by atoms with Gasteiger partial charge < -0.3 is 26.8 Å². The molecule has 0 amide bonds. The first-order valence-corrected chi connectivity index (χ1v) is 5.38. The Morgan fingerprint density at radius 2 is 1.65 bits per heavy atom. The zero-order chi connectivity index (χ0) is 12.9. The first kappa shape index (κ1) is 14.0. The summed E-state index contributed by atoms with van der Waals surface area (Å²) in [6.45, 7) is -0.658. The summed E-state index contributed by atoms with van der Waals surface area (Å²) >= 11 is 0. The zero-order valence-electron chi connectivity index (χ0n) is 9.63. The SMILES string of the molecule is NCc1cnc(C(CO)(CO)CO)c(CN)c1. The van der Waals surface area contributed by atoms with Gasteiger partial charge in [0.05, 0.1) is 30.9 Å². The summed E-state index contributed by atoms with van der Waals surface area (Å²) in [5.41, 5.74) is 11.9. The smallest absolute Gasteiger partial charge is 0.0820 e. The molecule has 6 nitrogen and oxygen atoms in total. The van der Waals surface area contributed by atoms with Crippen LogP contribution in [0.1, 0.15) is 16.8 Å². The highest BCUT2D eigenvalue weighted by molar-refractivity contribution is 5.32. The minimum Gasteiger partial charge on any atom is -0.395 e. The molecule has 0 unspecified atom stereocenters. The standard InChI is InChI=1S/C11H19N3O3/c12-2-8-1-9(3-13)10(14-4-8)11(5-15,6-16)7-17/h1,4,15-17H,2-3,5-7,12-13H2. The maximum absolute atomic E-state index is 9.35. The molecular weight excluding hydrogens is 222 g/mol. The van der Waals surface area contributed by atoms with Crippen molar-refractivity contribution in [2.45, 2.75) is 18.5 Å². The van der Waals surface area contributed by atoms with E-state index in [0.29, 0.717) is 17.8 Å². The van der Waals surface area contributed by atoms with Crippen LogP contribution in [0.25, 0.3) is 0 Å². The molecule has 0 aliphatic carbocycles. The molecule has 0 saturated heterocycles. The van der Waals surface area contributed by atoms with E-state index in [-0.39, 0.29) is 6.54 Å². The summed E-state index contributed by atoms with van der Waals surface area (Å²) in [5, 5.41) is 28.1. The zero-order valence-corrected chi connectivity index (χ0v) is 9.63. The van der Waals surface area contributed by atoms with Crippen LogP contribution in [-0.4, -0.2) is 40.1 Å². The summed E-state index contributed by atoms with van der Waals surface area (Å²) in [7, 11) is 0. The Morgan fingerprint density at radius 3 is 2.06 bits per heavy atom. The van der Waals surface area contributed by atoms with Crippen LogP contribution in [0.5, 0.6) is 0 Å². The molecule has 1 heterocycles. The van der Waals surface area contributed by atoms with Crippen LogP contribution in [0.2, 0.25) is 0 Å². The minimum atomic E-state index is -1.16. The number of aliphatic hydroxyl groups excluding tert-OH is 3. The maximum atomic E-state index is 9.35. The van der Waals surface area contributed by atoms with Gasteiger partial charge in [0.2, 0.25) is 0 Å². The number of nitrogens with two attached hydrogens (primary N) is 2. The quantitative estimate of drug-likeness (QED) is 0.400. The van der Waals surface area contributed by atoms with Gasteiger partial charge in [0, 0.05) is 19.3 Å². The fraction of sp³-hybridized carbons (Fsp3) is 0.545. The van der Waals surface area contributed by atoms with Crippen LogP contribution in [0.4, 0.5) is 0 Å². The summed E-state index contributed by atoms with van der Waals surface area (Å²) in [5.74, 6) is 0. The first-order valence-electron chi connectivity index (χ1n) is 5.38. The molecule has 17 heavy (non-hydrogen) atoms. The lowest BCUT2D eigenvalue weighted by molar-refractivity contribution is 0.0607. The summed E-state index contributed by atoms with van der Waals surface area (Å²) in [6.07, 6.45) is 1.56. The first-order chi connectivity index (χ1) is 8.17. The number of pyridine rings is 1. The van der Waals surface area contributed by atoms with Crippen LogP contribution in [0.3, 0.4) is 0 Å². The predicted molar refractivity (Wildman–Crippen MR) is 63.0 cm³/mol. The fourth-order valence-electron chi connectivity index (χ4n) is 1.68. The van der Waals surface area contributed by atoms with Crippen LogP contribution < -0.4 is 11.5 Å². The van der Waals surface area contributed by atoms with Crippen LogP contribution in [0, 0.1) is 0 Å². The summed E-state index contributed by atoms with van der Waals surface area (Å²) in [6, 6.07) is 1.78. The van der Waals surface area contributed by atoms with Crippen molar-refractivity contribution in [3.05, 3.63) is 29.1 Å². The Bertz CT molecular complexity index is 359. The molecule has 7 N–H and O–H groups in total. The van der Waals surface area contributed by atoms with Gasteiger partial charge in [-0.05, 0) is 17.2 Å². The Balaban J connectivity index is 3.28. The van der Waals surface area contributed by atoms with Crippen molar-refractivity contribution in [2.24, 2.45) is 11.5 Å². The van der Waals surface area contributed by atoms with Crippen molar-refractivity contribution >= 4 is 0 Å². The number of aromatic nitrogens is 1. The van der Waals surface area contributed by atoms with E-state index in [1.807, 2.05) is 0 Å². The Hall–Kier alpha value is -1.05. The molecule has 1 aromatic heterocycles. The lowest BCUT2D eigenvalue weighted by Gasteiger charge is -2.28. The Labute approximate surface area is 99.9 Å². The normalized spacial score (nSPS) is 11.8. The van der Waals surface area contributed by atoms with Gasteiger partial charge in [-0.3, -0.25) is 4.98 Å². The summed E-state index contributed by atoms with van der Waals surface area (Å²) < 4.78 is 0. The summed E-state index contributed by atoms with van der Waals surface area (Å²) in [4.78, 5) is 4.17. The predicted octanol–water partition coefficient (Wildman–Crippen LogP) is -1.79. The molecule has 0 atom stereocenters. The molecule has 0 saturated carbocycles. The van der Waals surface area contributed by atoms with Gasteiger partial charge >= 0.3 is 0 Å². The van der Waals surface area contributed by atoms with E-state index >= 15 is 0 Å². The second kappa shape index (κ2) is 6.04. The second-order valence-electron chi connectivity index (χ2n) is 4.01. The van der Waals surface area contributed by atoms with Gasteiger partial charge in [0.15, 0.2) is 0 Å².